The molecular weight excluding hydrogens is 415 g/mol. The third kappa shape index (κ3) is 4.85. The summed E-state index contributed by atoms with van der Waals surface area (Å²) in [5, 5.41) is 0.264. The fourth-order valence-electron chi connectivity index (χ4n) is 2.59. The van der Waals surface area contributed by atoms with Gasteiger partial charge >= 0.3 is 6.09 Å². The van der Waals surface area contributed by atoms with E-state index in [9.17, 15) is 14.0 Å². The molecule has 1 unspecified atom stereocenters. The van der Waals surface area contributed by atoms with Gasteiger partial charge in [0.25, 0.3) is 5.91 Å². The number of likely N-dealkylation sites (tertiary alicyclic amines) is 1. The lowest BCUT2D eigenvalue weighted by Gasteiger charge is -2.27. The lowest BCUT2D eigenvalue weighted by Crippen LogP contribution is -2.41. The van der Waals surface area contributed by atoms with E-state index in [0.29, 0.717) is 24.0 Å². The van der Waals surface area contributed by atoms with E-state index in [4.69, 9.17) is 16.3 Å². The van der Waals surface area contributed by atoms with Gasteiger partial charge in [0.05, 0.1) is 16.6 Å². The van der Waals surface area contributed by atoms with Crippen molar-refractivity contribution in [2.24, 2.45) is 0 Å². The van der Waals surface area contributed by atoms with Gasteiger partial charge in [-0.3, -0.25) is 4.79 Å². The van der Waals surface area contributed by atoms with E-state index in [-0.39, 0.29) is 16.6 Å². The molecule has 1 saturated heterocycles. The standard InChI is InChI=1S/C17H21BrClFN2O3/c1-17(2,3)25-16(24)22-6-5-10(9-22)21(4)15(23)11-7-13(19)12(18)8-14(11)20/h7-8,10H,5-6,9H2,1-4H3. The van der Waals surface area contributed by atoms with Crippen molar-refractivity contribution in [2.45, 2.75) is 38.8 Å². The Morgan fingerprint density at radius 3 is 2.64 bits per heavy atom. The third-order valence-corrected chi connectivity index (χ3v) is 5.12. The Hall–Kier alpha value is -1.34. The Morgan fingerprint density at radius 1 is 1.40 bits per heavy atom. The molecule has 138 valence electrons. The lowest BCUT2D eigenvalue weighted by molar-refractivity contribution is 0.0279. The second-order valence-electron chi connectivity index (χ2n) is 7.03. The third-order valence-electron chi connectivity index (χ3n) is 3.92. The molecule has 0 saturated carbocycles. The van der Waals surface area contributed by atoms with Crippen LogP contribution in [-0.4, -0.2) is 53.6 Å². The van der Waals surface area contributed by atoms with Crippen LogP contribution in [0.3, 0.4) is 0 Å². The van der Waals surface area contributed by atoms with E-state index >= 15 is 0 Å². The highest BCUT2D eigenvalue weighted by molar-refractivity contribution is 9.10. The summed E-state index contributed by atoms with van der Waals surface area (Å²) in [7, 11) is 1.60. The van der Waals surface area contributed by atoms with Crippen LogP contribution in [0.2, 0.25) is 5.02 Å². The Kier molecular flexibility index (Phi) is 5.99. The van der Waals surface area contributed by atoms with Crippen molar-refractivity contribution in [2.75, 3.05) is 20.1 Å². The average molecular weight is 436 g/mol. The smallest absolute Gasteiger partial charge is 0.410 e. The molecule has 0 aliphatic carbocycles. The zero-order valence-corrected chi connectivity index (χ0v) is 16.9. The van der Waals surface area contributed by atoms with E-state index in [0.717, 1.165) is 0 Å². The van der Waals surface area contributed by atoms with Crippen molar-refractivity contribution in [1.82, 2.24) is 9.80 Å². The summed E-state index contributed by atoms with van der Waals surface area (Å²) >= 11 is 9.09. The minimum atomic E-state index is -0.643. The predicted octanol–water partition coefficient (Wildman–Crippen LogP) is 4.32. The highest BCUT2D eigenvalue weighted by Crippen LogP contribution is 2.27. The molecule has 5 nitrogen and oxygen atoms in total. The zero-order chi connectivity index (χ0) is 18.9. The molecule has 1 heterocycles. The van der Waals surface area contributed by atoms with Crippen LogP contribution in [0.4, 0.5) is 9.18 Å². The highest BCUT2D eigenvalue weighted by atomic mass is 79.9. The van der Waals surface area contributed by atoms with Crippen molar-refractivity contribution in [1.29, 1.82) is 0 Å². The minimum Gasteiger partial charge on any atom is -0.444 e. The Labute approximate surface area is 160 Å². The van der Waals surface area contributed by atoms with E-state index in [1.54, 1.807) is 32.7 Å². The van der Waals surface area contributed by atoms with Crippen molar-refractivity contribution in [3.63, 3.8) is 0 Å². The van der Waals surface area contributed by atoms with Crippen LogP contribution in [0, 0.1) is 5.82 Å². The molecule has 0 radical (unpaired) electrons. The maximum absolute atomic E-state index is 14.1. The number of amides is 2. The van der Waals surface area contributed by atoms with Crippen LogP contribution in [0.15, 0.2) is 16.6 Å². The van der Waals surface area contributed by atoms with E-state index in [2.05, 4.69) is 15.9 Å². The van der Waals surface area contributed by atoms with Crippen LogP contribution in [0.25, 0.3) is 0 Å². The molecule has 1 aromatic carbocycles. The highest BCUT2D eigenvalue weighted by Gasteiger charge is 2.34. The average Bonchev–Trinajstić information content (AvgIpc) is 2.98. The van der Waals surface area contributed by atoms with Crippen LogP contribution in [0.5, 0.6) is 0 Å². The molecular formula is C17H21BrClFN2O3. The van der Waals surface area contributed by atoms with Crippen LogP contribution in [-0.2, 0) is 4.74 Å². The van der Waals surface area contributed by atoms with Gasteiger partial charge < -0.3 is 14.5 Å². The molecule has 1 aromatic rings. The zero-order valence-electron chi connectivity index (χ0n) is 14.6. The second kappa shape index (κ2) is 7.50. The number of rotatable bonds is 2. The quantitative estimate of drug-likeness (QED) is 0.650. The number of ether oxygens (including phenoxy) is 1. The second-order valence-corrected chi connectivity index (χ2v) is 8.29. The van der Waals surface area contributed by atoms with Gasteiger partial charge in [-0.15, -0.1) is 0 Å². The molecule has 0 bridgehead atoms. The number of hydrogen-bond acceptors (Lipinski definition) is 3. The Bertz CT molecular complexity index is 693. The van der Waals surface area contributed by atoms with Gasteiger partial charge in [0.15, 0.2) is 0 Å². The summed E-state index contributed by atoms with van der Waals surface area (Å²) in [5.41, 5.74) is -0.666. The molecule has 1 fully saturated rings. The first-order valence-corrected chi connectivity index (χ1v) is 9.06. The molecule has 1 aliphatic heterocycles. The summed E-state index contributed by atoms with van der Waals surface area (Å²) in [6, 6.07) is 2.27. The maximum atomic E-state index is 14.1. The van der Waals surface area contributed by atoms with Gasteiger partial charge in [0, 0.05) is 24.6 Å². The number of benzene rings is 1. The van der Waals surface area contributed by atoms with Crippen molar-refractivity contribution in [3.8, 4) is 0 Å². The molecule has 0 N–H and O–H groups in total. The van der Waals surface area contributed by atoms with Crippen molar-refractivity contribution in [3.05, 3.63) is 33.0 Å². The first kappa shape index (κ1) is 20.0. The number of nitrogens with zero attached hydrogens (tertiary/aromatic N) is 2. The fraction of sp³-hybridized carbons (Fsp3) is 0.529. The summed E-state index contributed by atoms with van der Waals surface area (Å²) in [4.78, 5) is 27.7. The van der Waals surface area contributed by atoms with Crippen molar-refractivity contribution >= 4 is 39.5 Å². The summed E-state index contributed by atoms with van der Waals surface area (Å²) < 4.78 is 19.8. The van der Waals surface area contributed by atoms with Gasteiger partial charge in [0.1, 0.15) is 11.4 Å². The maximum Gasteiger partial charge on any atom is 0.410 e. The van der Waals surface area contributed by atoms with E-state index in [1.807, 2.05) is 0 Å². The molecule has 25 heavy (non-hydrogen) atoms. The largest absolute Gasteiger partial charge is 0.444 e. The number of halogens is 3. The SMILES string of the molecule is CN(C(=O)c1cc(Cl)c(Br)cc1F)C1CCN(C(=O)OC(C)(C)C)C1. The van der Waals surface area contributed by atoms with Crippen LogP contribution >= 0.6 is 27.5 Å². The van der Waals surface area contributed by atoms with Gasteiger partial charge in [0.2, 0.25) is 0 Å². The number of hydrogen-bond donors (Lipinski definition) is 0. The molecule has 2 amide bonds. The Morgan fingerprint density at radius 2 is 2.04 bits per heavy atom. The molecule has 1 atom stereocenters. The fourth-order valence-corrected chi connectivity index (χ4v) is 3.07. The van der Waals surface area contributed by atoms with Gasteiger partial charge in [-0.2, -0.15) is 0 Å². The molecule has 0 aromatic heterocycles. The first-order chi connectivity index (χ1) is 11.5. The van der Waals surface area contributed by atoms with Crippen LogP contribution < -0.4 is 0 Å². The van der Waals surface area contributed by atoms with Crippen molar-refractivity contribution < 1.29 is 18.7 Å². The normalized spacial score (nSPS) is 17.6. The lowest BCUT2D eigenvalue weighted by atomic mass is 10.1. The molecule has 8 heteroatoms. The number of likely N-dealkylation sites (N-methyl/N-ethyl adjacent to an activating group) is 1. The monoisotopic (exact) mass is 434 g/mol. The Balaban J connectivity index is 2.07. The summed E-state index contributed by atoms with van der Waals surface area (Å²) in [5.74, 6) is -1.11. The van der Waals surface area contributed by atoms with Crippen LogP contribution in [0.1, 0.15) is 37.6 Å². The van der Waals surface area contributed by atoms with Gasteiger partial charge in [-0.05, 0) is 55.3 Å². The molecule has 2 rings (SSSR count). The minimum absolute atomic E-state index is 0.0913. The number of carbonyl (C=O) groups excluding carboxylic acids is 2. The first-order valence-electron chi connectivity index (χ1n) is 7.89. The molecule has 1 aliphatic rings. The summed E-state index contributed by atoms with van der Waals surface area (Å²) in [6.07, 6.45) is 0.196. The topological polar surface area (TPSA) is 49.9 Å². The number of carbonyl (C=O) groups is 2. The molecule has 0 spiro atoms. The van der Waals surface area contributed by atoms with E-state index < -0.39 is 23.4 Å². The van der Waals surface area contributed by atoms with Gasteiger partial charge in [-0.25, -0.2) is 9.18 Å². The van der Waals surface area contributed by atoms with E-state index in [1.165, 1.54) is 17.0 Å². The van der Waals surface area contributed by atoms with Gasteiger partial charge in [-0.1, -0.05) is 11.6 Å². The summed E-state index contributed by atoms with van der Waals surface area (Å²) in [6.45, 7) is 6.24. The predicted molar refractivity (Wildman–Crippen MR) is 97.4 cm³/mol.